The SMILES string of the molecule is C=C(O[Si](=CC1CC1)OC)C1CCCC1. The van der Waals surface area contributed by atoms with E-state index in [1.165, 1.54) is 38.5 Å². The van der Waals surface area contributed by atoms with Gasteiger partial charge in [0.1, 0.15) is 0 Å². The van der Waals surface area contributed by atoms with E-state index in [4.69, 9.17) is 8.85 Å². The Morgan fingerprint density at radius 1 is 1.27 bits per heavy atom. The number of rotatable bonds is 5. The second-order valence-electron chi connectivity index (χ2n) is 4.58. The zero-order valence-corrected chi connectivity index (χ0v) is 10.5. The molecule has 84 valence electrons. The van der Waals surface area contributed by atoms with Crippen LogP contribution >= 0.6 is 0 Å². The van der Waals surface area contributed by atoms with Crippen LogP contribution in [0.25, 0.3) is 0 Å². The third-order valence-electron chi connectivity index (χ3n) is 3.24. The Labute approximate surface area is 93.7 Å². The summed E-state index contributed by atoms with van der Waals surface area (Å²) in [6.07, 6.45) is 7.79. The van der Waals surface area contributed by atoms with Crippen molar-refractivity contribution in [2.75, 3.05) is 7.11 Å². The lowest BCUT2D eigenvalue weighted by molar-refractivity contribution is 0.279. The number of hydrogen-bond donors (Lipinski definition) is 0. The summed E-state index contributed by atoms with van der Waals surface area (Å²) in [4.78, 5) is 0. The van der Waals surface area contributed by atoms with Gasteiger partial charge in [-0.25, -0.2) is 0 Å². The van der Waals surface area contributed by atoms with Crippen molar-refractivity contribution >= 4 is 14.6 Å². The van der Waals surface area contributed by atoms with Crippen LogP contribution in [0.2, 0.25) is 0 Å². The lowest BCUT2D eigenvalue weighted by atomic mass is 10.1. The van der Waals surface area contributed by atoms with Gasteiger partial charge in [0.25, 0.3) is 0 Å². The first-order chi connectivity index (χ1) is 7.29. The summed E-state index contributed by atoms with van der Waals surface area (Å²) in [6.45, 7) is 4.06. The quantitative estimate of drug-likeness (QED) is 0.528. The topological polar surface area (TPSA) is 18.5 Å². The normalized spacial score (nSPS) is 22.9. The van der Waals surface area contributed by atoms with Crippen LogP contribution in [0.4, 0.5) is 0 Å². The molecule has 0 aromatic carbocycles. The van der Waals surface area contributed by atoms with E-state index >= 15 is 0 Å². The summed E-state index contributed by atoms with van der Waals surface area (Å²) in [5.41, 5.74) is 2.27. The highest BCUT2D eigenvalue weighted by Gasteiger charge is 2.24. The molecule has 2 nitrogen and oxygen atoms in total. The Morgan fingerprint density at radius 2 is 1.93 bits per heavy atom. The molecule has 0 saturated heterocycles. The fourth-order valence-corrected chi connectivity index (χ4v) is 3.49. The Balaban J connectivity index is 1.85. The summed E-state index contributed by atoms with van der Waals surface area (Å²) in [5, 5.41) is 0. The lowest BCUT2D eigenvalue weighted by Crippen LogP contribution is -2.17. The minimum absolute atomic E-state index is 0.591. The lowest BCUT2D eigenvalue weighted by Gasteiger charge is -2.15. The first-order valence-electron chi connectivity index (χ1n) is 5.92. The minimum Gasteiger partial charge on any atom is -0.526 e. The van der Waals surface area contributed by atoms with Crippen molar-refractivity contribution in [3.63, 3.8) is 0 Å². The Kier molecular flexibility index (Phi) is 3.62. The van der Waals surface area contributed by atoms with E-state index in [0.717, 1.165) is 11.7 Å². The molecule has 0 aliphatic heterocycles. The van der Waals surface area contributed by atoms with Crippen molar-refractivity contribution in [3.05, 3.63) is 12.3 Å². The van der Waals surface area contributed by atoms with Crippen molar-refractivity contribution < 1.29 is 8.85 Å². The van der Waals surface area contributed by atoms with Crippen LogP contribution in [0, 0.1) is 11.8 Å². The van der Waals surface area contributed by atoms with E-state index in [0.29, 0.717) is 5.92 Å². The maximum atomic E-state index is 5.86. The van der Waals surface area contributed by atoms with Gasteiger partial charge >= 0.3 is 8.90 Å². The predicted octanol–water partition coefficient (Wildman–Crippen LogP) is 2.64. The molecule has 0 aromatic heterocycles. The van der Waals surface area contributed by atoms with Gasteiger partial charge in [-0.2, -0.15) is 0 Å². The van der Waals surface area contributed by atoms with Crippen LogP contribution < -0.4 is 0 Å². The first-order valence-corrected chi connectivity index (χ1v) is 7.31. The smallest absolute Gasteiger partial charge is 0.481 e. The molecule has 0 unspecified atom stereocenters. The highest BCUT2D eigenvalue weighted by molar-refractivity contribution is 6.55. The van der Waals surface area contributed by atoms with Crippen LogP contribution in [0.5, 0.6) is 0 Å². The first kappa shape index (κ1) is 10.9. The van der Waals surface area contributed by atoms with Gasteiger partial charge in [-0.1, -0.05) is 19.4 Å². The van der Waals surface area contributed by atoms with Crippen molar-refractivity contribution in [1.82, 2.24) is 0 Å². The predicted molar refractivity (Wildman–Crippen MR) is 63.7 cm³/mol. The molecule has 2 fully saturated rings. The summed E-state index contributed by atoms with van der Waals surface area (Å²) >= 11 is 0. The monoisotopic (exact) mass is 224 g/mol. The van der Waals surface area contributed by atoms with Gasteiger partial charge in [-0.15, -0.1) is 0 Å². The summed E-state index contributed by atoms with van der Waals surface area (Å²) in [5.74, 6) is 2.32. The zero-order chi connectivity index (χ0) is 10.7. The number of allylic oxidation sites excluding steroid dienone is 1. The average molecular weight is 224 g/mol. The maximum absolute atomic E-state index is 5.86. The van der Waals surface area contributed by atoms with Gasteiger partial charge in [0.15, 0.2) is 0 Å². The molecule has 2 aliphatic rings. The molecule has 0 amide bonds. The van der Waals surface area contributed by atoms with Crippen molar-refractivity contribution in [1.29, 1.82) is 0 Å². The summed E-state index contributed by atoms with van der Waals surface area (Å²) in [6, 6.07) is 0. The number of hydrogen-bond acceptors (Lipinski definition) is 2. The highest BCUT2D eigenvalue weighted by Crippen LogP contribution is 2.31. The molecule has 0 bridgehead atoms. The van der Waals surface area contributed by atoms with Crippen molar-refractivity contribution in [3.8, 4) is 0 Å². The molecule has 2 aliphatic carbocycles. The fraction of sp³-hybridized carbons (Fsp3) is 0.750. The average Bonchev–Trinajstić information content (AvgIpc) is 2.88. The van der Waals surface area contributed by atoms with Crippen molar-refractivity contribution in [2.45, 2.75) is 38.5 Å². The van der Waals surface area contributed by atoms with Crippen LogP contribution in [-0.2, 0) is 8.85 Å². The second-order valence-corrected chi connectivity index (χ2v) is 6.16. The van der Waals surface area contributed by atoms with Gasteiger partial charge in [-0.3, -0.25) is 0 Å². The van der Waals surface area contributed by atoms with E-state index in [-0.39, 0.29) is 0 Å². The van der Waals surface area contributed by atoms with E-state index in [1.54, 1.807) is 7.11 Å². The molecule has 2 saturated carbocycles. The van der Waals surface area contributed by atoms with Crippen LogP contribution in [-0.4, -0.2) is 21.7 Å². The zero-order valence-electron chi connectivity index (χ0n) is 9.50. The molecule has 0 N–H and O–H groups in total. The van der Waals surface area contributed by atoms with Crippen LogP contribution in [0.15, 0.2) is 12.3 Å². The van der Waals surface area contributed by atoms with Gasteiger partial charge < -0.3 is 8.85 Å². The fourth-order valence-electron chi connectivity index (χ4n) is 2.06. The summed E-state index contributed by atoms with van der Waals surface area (Å²) < 4.78 is 11.3. The maximum Gasteiger partial charge on any atom is 0.481 e. The summed E-state index contributed by atoms with van der Waals surface area (Å²) in [7, 11) is 0.564. The molecule has 0 atom stereocenters. The van der Waals surface area contributed by atoms with Crippen LogP contribution in [0.1, 0.15) is 38.5 Å². The van der Waals surface area contributed by atoms with E-state index in [2.05, 4.69) is 12.3 Å². The van der Waals surface area contributed by atoms with Gasteiger partial charge in [-0.05, 0) is 37.3 Å². The third-order valence-corrected chi connectivity index (χ3v) is 4.85. The minimum atomic E-state index is -1.18. The Morgan fingerprint density at radius 3 is 2.47 bits per heavy atom. The second kappa shape index (κ2) is 4.97. The third kappa shape index (κ3) is 3.19. The molecule has 0 spiro atoms. The molecule has 0 radical (unpaired) electrons. The van der Waals surface area contributed by atoms with Gasteiger partial charge in [0.05, 0.1) is 12.9 Å². The Bertz CT molecular complexity index is 263. The van der Waals surface area contributed by atoms with Crippen molar-refractivity contribution in [2.24, 2.45) is 11.8 Å². The molecule has 15 heavy (non-hydrogen) atoms. The standard InChI is InChI=1S/C12H20O2Si/c1-10(12-5-3-4-6-12)14-15(13-2)9-11-7-8-11/h9,11-12H,1,3-8H2,2H3. The van der Waals surface area contributed by atoms with E-state index in [9.17, 15) is 0 Å². The van der Waals surface area contributed by atoms with Gasteiger partial charge in [0.2, 0.25) is 0 Å². The van der Waals surface area contributed by atoms with Crippen LogP contribution in [0.3, 0.4) is 0 Å². The molecule has 2 rings (SSSR count). The molecular weight excluding hydrogens is 204 g/mol. The molecular formula is C12H20O2Si. The van der Waals surface area contributed by atoms with Gasteiger partial charge in [0, 0.05) is 5.92 Å². The van der Waals surface area contributed by atoms with E-state index in [1.807, 2.05) is 0 Å². The highest BCUT2D eigenvalue weighted by atomic mass is 28.3. The molecule has 0 heterocycles. The molecule has 0 aromatic rings. The molecule has 3 heteroatoms. The van der Waals surface area contributed by atoms with E-state index < -0.39 is 8.90 Å². The Hall–Kier alpha value is -0.573. The largest absolute Gasteiger partial charge is 0.526 e.